The van der Waals surface area contributed by atoms with Gasteiger partial charge in [-0.3, -0.25) is 0 Å². The Labute approximate surface area is 94.0 Å². The second-order valence-electron chi connectivity index (χ2n) is 4.18. The molecule has 14 heavy (non-hydrogen) atoms. The van der Waals surface area contributed by atoms with Crippen molar-refractivity contribution in [2.24, 2.45) is 0 Å². The molecule has 2 heteroatoms. The standard InChI is InChI=1S/C12H16BrN/c1-9(14-2)12(6-7-12)10-4-3-5-11(13)8-10/h3-5,8-9,14H,6-7H2,1-2H3. The lowest BCUT2D eigenvalue weighted by molar-refractivity contribution is 0.479. The molecule has 0 spiro atoms. The minimum atomic E-state index is 0.401. The van der Waals surface area contributed by atoms with Crippen molar-refractivity contribution in [2.75, 3.05) is 7.05 Å². The smallest absolute Gasteiger partial charge is 0.0178 e. The van der Waals surface area contributed by atoms with Gasteiger partial charge in [-0.15, -0.1) is 0 Å². The van der Waals surface area contributed by atoms with Crippen LogP contribution in [0.25, 0.3) is 0 Å². The Morgan fingerprint density at radius 1 is 1.43 bits per heavy atom. The molecular weight excluding hydrogens is 238 g/mol. The zero-order valence-corrected chi connectivity index (χ0v) is 10.3. The summed E-state index contributed by atoms with van der Waals surface area (Å²) >= 11 is 3.53. The normalized spacial score (nSPS) is 20.5. The van der Waals surface area contributed by atoms with Gasteiger partial charge in [0.25, 0.3) is 0 Å². The zero-order valence-electron chi connectivity index (χ0n) is 8.68. The average Bonchev–Trinajstić information content (AvgIpc) is 2.97. The van der Waals surface area contributed by atoms with Crippen LogP contribution in [0.15, 0.2) is 28.7 Å². The lowest BCUT2D eigenvalue weighted by atomic mass is 9.89. The van der Waals surface area contributed by atoms with Crippen molar-refractivity contribution < 1.29 is 0 Å². The maximum Gasteiger partial charge on any atom is 0.0178 e. The molecule has 0 radical (unpaired) electrons. The lowest BCUT2D eigenvalue weighted by Gasteiger charge is -2.23. The number of hydrogen-bond acceptors (Lipinski definition) is 1. The van der Waals surface area contributed by atoms with Crippen LogP contribution in [0, 0.1) is 0 Å². The SMILES string of the molecule is CNC(C)C1(c2cccc(Br)c2)CC1. The summed E-state index contributed by atoms with van der Waals surface area (Å²) in [6.45, 7) is 2.27. The average molecular weight is 254 g/mol. The number of likely N-dealkylation sites (N-methyl/N-ethyl adjacent to an activating group) is 1. The minimum Gasteiger partial charge on any atom is -0.316 e. The van der Waals surface area contributed by atoms with Gasteiger partial charge in [0.15, 0.2) is 0 Å². The summed E-state index contributed by atoms with van der Waals surface area (Å²) in [5, 5.41) is 3.37. The van der Waals surface area contributed by atoms with Gasteiger partial charge in [-0.1, -0.05) is 28.1 Å². The second-order valence-corrected chi connectivity index (χ2v) is 5.09. The molecule has 0 aliphatic heterocycles. The maximum absolute atomic E-state index is 3.53. The third-order valence-corrected chi connectivity index (χ3v) is 3.94. The van der Waals surface area contributed by atoms with E-state index < -0.39 is 0 Å². The Balaban J connectivity index is 2.30. The van der Waals surface area contributed by atoms with E-state index in [0.29, 0.717) is 11.5 Å². The monoisotopic (exact) mass is 253 g/mol. The third-order valence-electron chi connectivity index (χ3n) is 3.45. The largest absolute Gasteiger partial charge is 0.316 e. The van der Waals surface area contributed by atoms with Gasteiger partial charge in [-0.05, 0) is 44.5 Å². The predicted molar refractivity (Wildman–Crippen MR) is 63.6 cm³/mol. The topological polar surface area (TPSA) is 12.0 Å². The molecule has 0 saturated heterocycles. The van der Waals surface area contributed by atoms with E-state index in [-0.39, 0.29) is 0 Å². The molecule has 1 atom stereocenters. The number of halogens is 1. The second kappa shape index (κ2) is 3.67. The molecule has 2 rings (SSSR count). The van der Waals surface area contributed by atoms with E-state index >= 15 is 0 Å². The highest BCUT2D eigenvalue weighted by Crippen LogP contribution is 2.51. The summed E-state index contributed by atoms with van der Waals surface area (Å²) in [5.74, 6) is 0. The van der Waals surface area contributed by atoms with Gasteiger partial charge in [0.1, 0.15) is 0 Å². The van der Waals surface area contributed by atoms with Gasteiger partial charge in [0.05, 0.1) is 0 Å². The van der Waals surface area contributed by atoms with E-state index in [1.807, 2.05) is 7.05 Å². The Hall–Kier alpha value is -0.340. The molecule has 0 amide bonds. The molecule has 1 N–H and O–H groups in total. The molecule has 1 aromatic carbocycles. The summed E-state index contributed by atoms with van der Waals surface area (Å²) in [7, 11) is 2.04. The Morgan fingerprint density at radius 3 is 2.64 bits per heavy atom. The quantitative estimate of drug-likeness (QED) is 0.874. The third kappa shape index (κ3) is 1.61. The van der Waals surface area contributed by atoms with Crippen molar-refractivity contribution in [3.63, 3.8) is 0 Å². The number of hydrogen-bond donors (Lipinski definition) is 1. The van der Waals surface area contributed by atoms with Crippen LogP contribution in [0.5, 0.6) is 0 Å². The van der Waals surface area contributed by atoms with Crippen molar-refractivity contribution in [2.45, 2.75) is 31.2 Å². The van der Waals surface area contributed by atoms with Gasteiger partial charge >= 0.3 is 0 Å². The van der Waals surface area contributed by atoms with Gasteiger partial charge in [-0.25, -0.2) is 0 Å². The van der Waals surface area contributed by atoms with Crippen LogP contribution in [0.1, 0.15) is 25.3 Å². The van der Waals surface area contributed by atoms with E-state index in [9.17, 15) is 0 Å². The van der Waals surface area contributed by atoms with Gasteiger partial charge in [-0.2, -0.15) is 0 Å². The summed E-state index contributed by atoms with van der Waals surface area (Å²) in [4.78, 5) is 0. The summed E-state index contributed by atoms with van der Waals surface area (Å²) in [6.07, 6.45) is 2.62. The Kier molecular flexibility index (Phi) is 2.67. The van der Waals surface area contributed by atoms with Crippen molar-refractivity contribution >= 4 is 15.9 Å². The van der Waals surface area contributed by atoms with E-state index in [1.165, 1.54) is 22.9 Å². The molecule has 1 aliphatic carbocycles. The highest BCUT2D eigenvalue weighted by atomic mass is 79.9. The number of benzene rings is 1. The molecule has 1 aromatic rings. The first-order chi connectivity index (χ1) is 6.69. The van der Waals surface area contributed by atoms with Crippen LogP contribution in [0.3, 0.4) is 0 Å². The van der Waals surface area contributed by atoms with E-state index in [1.54, 1.807) is 0 Å². The summed E-state index contributed by atoms with van der Waals surface area (Å²) in [6, 6.07) is 9.27. The molecular formula is C12H16BrN. The maximum atomic E-state index is 3.53. The molecule has 1 fully saturated rings. The lowest BCUT2D eigenvalue weighted by Crippen LogP contribution is -2.34. The van der Waals surface area contributed by atoms with E-state index in [4.69, 9.17) is 0 Å². The van der Waals surface area contributed by atoms with Crippen LogP contribution < -0.4 is 5.32 Å². The van der Waals surface area contributed by atoms with Crippen LogP contribution in [0.4, 0.5) is 0 Å². The fourth-order valence-corrected chi connectivity index (χ4v) is 2.58. The Morgan fingerprint density at radius 2 is 2.14 bits per heavy atom. The number of rotatable bonds is 3. The molecule has 1 nitrogen and oxygen atoms in total. The van der Waals surface area contributed by atoms with Crippen LogP contribution >= 0.6 is 15.9 Å². The number of nitrogens with one attached hydrogen (secondary N) is 1. The van der Waals surface area contributed by atoms with Gasteiger partial charge < -0.3 is 5.32 Å². The molecule has 0 aromatic heterocycles. The fourth-order valence-electron chi connectivity index (χ4n) is 2.18. The van der Waals surface area contributed by atoms with Crippen LogP contribution in [-0.4, -0.2) is 13.1 Å². The van der Waals surface area contributed by atoms with Crippen molar-refractivity contribution in [3.05, 3.63) is 34.3 Å². The summed E-state index contributed by atoms with van der Waals surface area (Å²) in [5.41, 5.74) is 1.87. The molecule has 0 heterocycles. The van der Waals surface area contributed by atoms with Gasteiger partial charge in [0, 0.05) is 15.9 Å². The molecule has 1 saturated carbocycles. The molecule has 1 aliphatic rings. The predicted octanol–water partition coefficient (Wildman–Crippen LogP) is 3.09. The Bertz CT molecular complexity index is 331. The first-order valence-corrected chi connectivity index (χ1v) is 5.92. The highest BCUT2D eigenvalue weighted by Gasteiger charge is 2.48. The van der Waals surface area contributed by atoms with Crippen molar-refractivity contribution in [1.82, 2.24) is 5.32 Å². The molecule has 1 unspecified atom stereocenters. The first-order valence-electron chi connectivity index (χ1n) is 5.12. The zero-order chi connectivity index (χ0) is 10.2. The fraction of sp³-hybridized carbons (Fsp3) is 0.500. The highest BCUT2D eigenvalue weighted by molar-refractivity contribution is 9.10. The van der Waals surface area contributed by atoms with Gasteiger partial charge in [0.2, 0.25) is 0 Å². The molecule has 76 valence electrons. The van der Waals surface area contributed by atoms with Crippen LogP contribution in [-0.2, 0) is 5.41 Å². The molecule has 0 bridgehead atoms. The summed E-state index contributed by atoms with van der Waals surface area (Å²) < 4.78 is 1.18. The van der Waals surface area contributed by atoms with E-state index in [2.05, 4.69) is 52.4 Å². The van der Waals surface area contributed by atoms with Crippen molar-refractivity contribution in [1.29, 1.82) is 0 Å². The van der Waals surface area contributed by atoms with Crippen molar-refractivity contribution in [3.8, 4) is 0 Å². The minimum absolute atomic E-state index is 0.401. The van der Waals surface area contributed by atoms with E-state index in [0.717, 1.165) is 0 Å². The first kappa shape index (κ1) is 10.2. The van der Waals surface area contributed by atoms with Crippen LogP contribution in [0.2, 0.25) is 0 Å².